The van der Waals surface area contributed by atoms with E-state index in [-0.39, 0.29) is 12.7 Å². The number of nitrogens with zero attached hydrogens (tertiary/aromatic N) is 1. The minimum Gasteiger partial charge on any atom is -0.398 e. The molecule has 1 atom stereocenters. The van der Waals surface area contributed by atoms with Crippen LogP contribution in [0.5, 0.6) is 0 Å². The number of rotatable bonds is 2. The second-order valence-electron chi connectivity index (χ2n) is 4.16. The van der Waals surface area contributed by atoms with Gasteiger partial charge in [0.15, 0.2) is 0 Å². The number of aliphatic hydroxyl groups excluding tert-OH is 1. The number of aliphatic hydroxyl groups is 1. The van der Waals surface area contributed by atoms with Crippen LogP contribution < -0.4 is 10.6 Å². The fourth-order valence-corrected chi connectivity index (χ4v) is 1.89. The fraction of sp³-hybridized carbons (Fsp3) is 0.500. The first-order valence-corrected chi connectivity index (χ1v) is 5.54. The van der Waals surface area contributed by atoms with Crippen LogP contribution in [0.3, 0.4) is 0 Å². The second kappa shape index (κ2) is 4.72. The second-order valence-corrected chi connectivity index (χ2v) is 4.16. The van der Waals surface area contributed by atoms with Crippen molar-refractivity contribution < 1.29 is 9.84 Å². The predicted octanol–water partition coefficient (Wildman–Crippen LogP) is 0.775. The van der Waals surface area contributed by atoms with Crippen LogP contribution in [0.1, 0.15) is 5.56 Å². The van der Waals surface area contributed by atoms with Crippen molar-refractivity contribution in [1.29, 1.82) is 0 Å². The third kappa shape index (κ3) is 2.28. The van der Waals surface area contributed by atoms with Gasteiger partial charge in [-0.15, -0.1) is 0 Å². The number of nitrogen functional groups attached to an aromatic ring is 1. The van der Waals surface area contributed by atoms with Crippen molar-refractivity contribution in [3.8, 4) is 0 Å². The van der Waals surface area contributed by atoms with Gasteiger partial charge in [0.25, 0.3) is 0 Å². The Morgan fingerprint density at radius 3 is 3.06 bits per heavy atom. The smallest absolute Gasteiger partial charge is 0.0980 e. The first-order chi connectivity index (χ1) is 7.70. The van der Waals surface area contributed by atoms with Gasteiger partial charge in [-0.1, -0.05) is 6.07 Å². The van der Waals surface area contributed by atoms with E-state index in [1.54, 1.807) is 0 Å². The highest BCUT2D eigenvalue weighted by Gasteiger charge is 2.19. The number of ether oxygens (including phenoxy) is 1. The lowest BCUT2D eigenvalue weighted by molar-refractivity contribution is 0.00357. The molecule has 0 radical (unpaired) electrons. The molecular weight excluding hydrogens is 204 g/mol. The van der Waals surface area contributed by atoms with Gasteiger partial charge in [0.05, 0.1) is 19.3 Å². The van der Waals surface area contributed by atoms with E-state index in [0.717, 1.165) is 30.0 Å². The summed E-state index contributed by atoms with van der Waals surface area (Å²) in [5.74, 6) is 0. The highest BCUT2D eigenvalue weighted by molar-refractivity contribution is 5.59. The van der Waals surface area contributed by atoms with Crippen molar-refractivity contribution in [3.63, 3.8) is 0 Å². The zero-order valence-electron chi connectivity index (χ0n) is 9.52. The van der Waals surface area contributed by atoms with Gasteiger partial charge in [-0.2, -0.15) is 0 Å². The SMILES string of the molecule is Cc1ccc(N2CCOC(CO)C2)cc1N. The van der Waals surface area contributed by atoms with Gasteiger partial charge in [0.1, 0.15) is 0 Å². The lowest BCUT2D eigenvalue weighted by Crippen LogP contribution is -2.44. The van der Waals surface area contributed by atoms with Crippen LogP contribution in [0.15, 0.2) is 18.2 Å². The molecule has 1 aliphatic heterocycles. The molecule has 0 bridgehead atoms. The van der Waals surface area contributed by atoms with Crippen molar-refractivity contribution >= 4 is 11.4 Å². The minimum atomic E-state index is -0.0868. The molecule has 4 nitrogen and oxygen atoms in total. The Morgan fingerprint density at radius 2 is 2.38 bits per heavy atom. The summed E-state index contributed by atoms with van der Waals surface area (Å²) in [6.45, 7) is 4.28. The van der Waals surface area contributed by atoms with E-state index in [2.05, 4.69) is 11.0 Å². The molecule has 3 N–H and O–H groups in total. The molecule has 1 aliphatic rings. The Kier molecular flexibility index (Phi) is 3.31. The Morgan fingerprint density at radius 1 is 1.56 bits per heavy atom. The molecule has 1 heterocycles. The zero-order chi connectivity index (χ0) is 11.5. The molecule has 1 saturated heterocycles. The Balaban J connectivity index is 2.13. The number of nitrogens with two attached hydrogens (primary N) is 1. The largest absolute Gasteiger partial charge is 0.398 e. The topological polar surface area (TPSA) is 58.7 Å². The molecule has 16 heavy (non-hydrogen) atoms. The summed E-state index contributed by atoms with van der Waals surface area (Å²) in [4.78, 5) is 2.19. The molecule has 1 unspecified atom stereocenters. The van der Waals surface area contributed by atoms with Crippen LogP contribution >= 0.6 is 0 Å². The van der Waals surface area contributed by atoms with Crippen molar-refractivity contribution in [2.45, 2.75) is 13.0 Å². The van der Waals surface area contributed by atoms with Gasteiger partial charge in [0, 0.05) is 24.5 Å². The molecule has 2 rings (SSSR count). The highest BCUT2D eigenvalue weighted by atomic mass is 16.5. The van der Waals surface area contributed by atoms with Crippen molar-refractivity contribution in [3.05, 3.63) is 23.8 Å². The molecule has 0 saturated carbocycles. The van der Waals surface area contributed by atoms with Crippen LogP contribution in [0.2, 0.25) is 0 Å². The molecule has 1 aromatic carbocycles. The maximum absolute atomic E-state index is 9.08. The van der Waals surface area contributed by atoms with Crippen molar-refractivity contribution in [2.24, 2.45) is 0 Å². The van der Waals surface area contributed by atoms with Gasteiger partial charge in [-0.3, -0.25) is 0 Å². The number of morpholine rings is 1. The molecule has 0 spiro atoms. The van der Waals surface area contributed by atoms with E-state index in [1.807, 2.05) is 19.1 Å². The van der Waals surface area contributed by atoms with Gasteiger partial charge in [-0.05, 0) is 24.6 Å². The third-order valence-corrected chi connectivity index (χ3v) is 2.97. The van der Waals surface area contributed by atoms with Crippen LogP contribution in [-0.2, 0) is 4.74 Å². The van der Waals surface area contributed by atoms with E-state index in [1.165, 1.54) is 0 Å². The van der Waals surface area contributed by atoms with Gasteiger partial charge >= 0.3 is 0 Å². The number of benzene rings is 1. The summed E-state index contributed by atoms with van der Waals surface area (Å²) in [5, 5.41) is 9.08. The number of anilines is 2. The molecule has 1 aromatic rings. The van der Waals surface area contributed by atoms with Crippen LogP contribution in [0.4, 0.5) is 11.4 Å². The fourth-order valence-electron chi connectivity index (χ4n) is 1.89. The number of hydrogen-bond acceptors (Lipinski definition) is 4. The quantitative estimate of drug-likeness (QED) is 0.726. The number of aryl methyl sites for hydroxylation is 1. The minimum absolute atomic E-state index is 0.0673. The summed E-state index contributed by atoms with van der Waals surface area (Å²) < 4.78 is 5.41. The summed E-state index contributed by atoms with van der Waals surface area (Å²) in [5.41, 5.74) is 8.89. The molecule has 0 amide bonds. The van der Waals surface area contributed by atoms with Gasteiger partial charge in [0.2, 0.25) is 0 Å². The van der Waals surface area contributed by atoms with Gasteiger partial charge < -0.3 is 20.5 Å². The summed E-state index contributed by atoms with van der Waals surface area (Å²) in [6.07, 6.45) is -0.0868. The molecule has 1 fully saturated rings. The maximum atomic E-state index is 9.08. The third-order valence-electron chi connectivity index (χ3n) is 2.97. The van der Waals surface area contributed by atoms with E-state index >= 15 is 0 Å². The lowest BCUT2D eigenvalue weighted by Gasteiger charge is -2.33. The van der Waals surface area contributed by atoms with Crippen molar-refractivity contribution in [1.82, 2.24) is 0 Å². The van der Waals surface area contributed by atoms with E-state index in [4.69, 9.17) is 15.6 Å². The Hall–Kier alpha value is -1.26. The van der Waals surface area contributed by atoms with E-state index in [0.29, 0.717) is 6.61 Å². The predicted molar refractivity (Wildman–Crippen MR) is 64.6 cm³/mol. The highest BCUT2D eigenvalue weighted by Crippen LogP contribution is 2.22. The molecular formula is C12H18N2O2. The zero-order valence-corrected chi connectivity index (χ0v) is 9.52. The normalized spacial score (nSPS) is 21.1. The van der Waals surface area contributed by atoms with Crippen LogP contribution in [0, 0.1) is 6.92 Å². The standard InChI is InChI=1S/C12H18N2O2/c1-9-2-3-10(6-12(9)13)14-4-5-16-11(7-14)8-15/h2-3,6,11,15H,4-5,7-8,13H2,1H3. The molecule has 0 aromatic heterocycles. The monoisotopic (exact) mass is 222 g/mol. The average molecular weight is 222 g/mol. The average Bonchev–Trinajstić information content (AvgIpc) is 2.33. The van der Waals surface area contributed by atoms with E-state index < -0.39 is 0 Å². The maximum Gasteiger partial charge on any atom is 0.0980 e. The lowest BCUT2D eigenvalue weighted by atomic mass is 10.1. The van der Waals surface area contributed by atoms with Crippen LogP contribution in [0.25, 0.3) is 0 Å². The summed E-state index contributed by atoms with van der Waals surface area (Å²) >= 11 is 0. The van der Waals surface area contributed by atoms with E-state index in [9.17, 15) is 0 Å². The first-order valence-electron chi connectivity index (χ1n) is 5.54. The molecule has 4 heteroatoms. The summed E-state index contributed by atoms with van der Waals surface area (Å²) in [7, 11) is 0. The summed E-state index contributed by atoms with van der Waals surface area (Å²) in [6, 6.07) is 6.06. The van der Waals surface area contributed by atoms with Crippen molar-refractivity contribution in [2.75, 3.05) is 36.9 Å². The molecule has 0 aliphatic carbocycles. The Labute approximate surface area is 95.6 Å². The number of hydrogen-bond donors (Lipinski definition) is 2. The van der Waals surface area contributed by atoms with Crippen LogP contribution in [-0.4, -0.2) is 37.5 Å². The molecule has 88 valence electrons. The van der Waals surface area contributed by atoms with Gasteiger partial charge in [-0.25, -0.2) is 0 Å². The first kappa shape index (κ1) is 11.2. The Bertz CT molecular complexity index is 368.